The fourth-order valence-corrected chi connectivity index (χ4v) is 3.42. The Balaban J connectivity index is 1.79. The fraction of sp³-hybridized carbons (Fsp3) is 0.231. The highest BCUT2D eigenvalue weighted by atomic mass is 16.2. The van der Waals surface area contributed by atoms with Crippen molar-refractivity contribution < 1.29 is 9.59 Å². The lowest BCUT2D eigenvalue weighted by molar-refractivity contribution is 0.102. The van der Waals surface area contributed by atoms with Crippen LogP contribution in [0.2, 0.25) is 0 Å². The van der Waals surface area contributed by atoms with Gasteiger partial charge in [0.25, 0.3) is 11.8 Å². The average molecular weight is 401 g/mol. The molecule has 2 amide bonds. The van der Waals surface area contributed by atoms with Crippen molar-refractivity contribution >= 4 is 23.2 Å². The van der Waals surface area contributed by atoms with E-state index >= 15 is 0 Å². The number of carbonyl (C=O) groups excluding carboxylic acids is 2. The van der Waals surface area contributed by atoms with Crippen molar-refractivity contribution in [1.29, 1.82) is 0 Å². The smallest absolute Gasteiger partial charge is 0.255 e. The molecule has 3 rings (SSSR count). The summed E-state index contributed by atoms with van der Waals surface area (Å²) in [5.74, 6) is 0.111. The van der Waals surface area contributed by atoms with E-state index in [1.165, 1.54) is 0 Å². The summed E-state index contributed by atoms with van der Waals surface area (Å²) in [7, 11) is 0. The van der Waals surface area contributed by atoms with Crippen LogP contribution in [0.3, 0.4) is 0 Å². The second-order valence-electron chi connectivity index (χ2n) is 7.97. The van der Waals surface area contributed by atoms with Crippen LogP contribution in [-0.4, -0.2) is 11.8 Å². The molecular weight excluding hydrogens is 372 g/mol. The van der Waals surface area contributed by atoms with Gasteiger partial charge in [0.05, 0.1) is 0 Å². The molecule has 0 fully saturated rings. The largest absolute Gasteiger partial charge is 0.322 e. The molecule has 0 heterocycles. The lowest BCUT2D eigenvalue weighted by Gasteiger charge is -2.15. The van der Waals surface area contributed by atoms with Gasteiger partial charge in [0.2, 0.25) is 0 Å². The third kappa shape index (κ3) is 4.95. The maximum absolute atomic E-state index is 12.8. The zero-order valence-electron chi connectivity index (χ0n) is 17.9. The van der Waals surface area contributed by atoms with Crippen LogP contribution in [-0.2, 0) is 0 Å². The van der Waals surface area contributed by atoms with Crippen LogP contribution >= 0.6 is 0 Å². The van der Waals surface area contributed by atoms with Crippen molar-refractivity contribution in [2.75, 3.05) is 10.6 Å². The second kappa shape index (κ2) is 9.40. The van der Waals surface area contributed by atoms with Gasteiger partial charge in [-0.25, -0.2) is 0 Å². The van der Waals surface area contributed by atoms with Gasteiger partial charge in [-0.2, -0.15) is 0 Å². The van der Waals surface area contributed by atoms with Crippen LogP contribution in [0.4, 0.5) is 11.4 Å². The molecular formula is C26H28N2O2. The van der Waals surface area contributed by atoms with Crippen molar-refractivity contribution in [2.45, 2.75) is 39.5 Å². The standard InChI is InChI=1S/C26H28N2O2/c1-17(2)21-12-5-7-14-23(21)27-25(29)19-10-9-11-20(16-19)26(30)28-24-15-8-6-13-22(24)18(3)4/h5-18H,1-4H3,(H,27,29)(H,28,30). The molecule has 4 nitrogen and oxygen atoms in total. The first-order valence-corrected chi connectivity index (χ1v) is 10.3. The molecule has 0 bridgehead atoms. The molecule has 154 valence electrons. The molecule has 0 atom stereocenters. The highest BCUT2D eigenvalue weighted by Crippen LogP contribution is 2.25. The lowest BCUT2D eigenvalue weighted by Crippen LogP contribution is -2.17. The third-order valence-electron chi connectivity index (χ3n) is 5.05. The first kappa shape index (κ1) is 21.3. The first-order valence-electron chi connectivity index (χ1n) is 10.3. The fourth-order valence-electron chi connectivity index (χ4n) is 3.42. The number of carbonyl (C=O) groups is 2. The van der Waals surface area contributed by atoms with E-state index in [-0.39, 0.29) is 11.8 Å². The highest BCUT2D eigenvalue weighted by molar-refractivity contribution is 6.09. The second-order valence-corrected chi connectivity index (χ2v) is 7.97. The average Bonchev–Trinajstić information content (AvgIpc) is 2.74. The van der Waals surface area contributed by atoms with Gasteiger partial charge in [0.15, 0.2) is 0 Å². The zero-order valence-corrected chi connectivity index (χ0v) is 17.9. The van der Waals surface area contributed by atoms with Gasteiger partial charge >= 0.3 is 0 Å². The molecule has 0 aromatic heterocycles. The maximum Gasteiger partial charge on any atom is 0.255 e. The van der Waals surface area contributed by atoms with Gasteiger partial charge < -0.3 is 10.6 Å². The van der Waals surface area contributed by atoms with Crippen LogP contribution in [0, 0.1) is 0 Å². The molecule has 0 spiro atoms. The quantitative estimate of drug-likeness (QED) is 0.500. The Morgan fingerprint density at radius 3 is 1.40 bits per heavy atom. The summed E-state index contributed by atoms with van der Waals surface area (Å²) in [5, 5.41) is 5.95. The van der Waals surface area contributed by atoms with E-state index in [1.807, 2.05) is 48.5 Å². The zero-order chi connectivity index (χ0) is 21.7. The minimum Gasteiger partial charge on any atom is -0.322 e. The van der Waals surface area contributed by atoms with Crippen molar-refractivity contribution in [1.82, 2.24) is 0 Å². The van der Waals surface area contributed by atoms with Gasteiger partial charge in [0, 0.05) is 22.5 Å². The molecule has 0 saturated carbocycles. The van der Waals surface area contributed by atoms with Gasteiger partial charge in [-0.05, 0) is 53.3 Å². The van der Waals surface area contributed by atoms with Gasteiger partial charge in [-0.1, -0.05) is 70.2 Å². The predicted molar refractivity (Wildman–Crippen MR) is 123 cm³/mol. The summed E-state index contributed by atoms with van der Waals surface area (Å²) in [6.45, 7) is 8.35. The molecule has 3 aromatic carbocycles. The summed E-state index contributed by atoms with van der Waals surface area (Å²) < 4.78 is 0. The van der Waals surface area contributed by atoms with Gasteiger partial charge in [0.1, 0.15) is 0 Å². The van der Waals surface area contributed by atoms with Crippen molar-refractivity contribution in [3.05, 3.63) is 95.1 Å². The third-order valence-corrected chi connectivity index (χ3v) is 5.05. The Kier molecular flexibility index (Phi) is 6.68. The van der Waals surface area contributed by atoms with Gasteiger partial charge in [-0.15, -0.1) is 0 Å². The Labute approximate surface area is 178 Å². The van der Waals surface area contributed by atoms with E-state index in [4.69, 9.17) is 0 Å². The Hall–Kier alpha value is -3.40. The first-order chi connectivity index (χ1) is 14.4. The maximum atomic E-state index is 12.8. The monoisotopic (exact) mass is 400 g/mol. The van der Waals surface area contributed by atoms with E-state index < -0.39 is 0 Å². The number of hydrogen-bond acceptors (Lipinski definition) is 2. The highest BCUT2D eigenvalue weighted by Gasteiger charge is 2.15. The Morgan fingerprint density at radius 2 is 1.00 bits per heavy atom. The molecule has 0 aliphatic carbocycles. The summed E-state index contributed by atoms with van der Waals surface area (Å²) in [6, 6.07) is 22.3. The van der Waals surface area contributed by atoms with Crippen LogP contribution in [0.1, 0.15) is 71.4 Å². The minimum atomic E-state index is -0.236. The molecule has 0 saturated heterocycles. The molecule has 30 heavy (non-hydrogen) atoms. The SMILES string of the molecule is CC(C)c1ccccc1NC(=O)c1cccc(C(=O)Nc2ccccc2C(C)C)c1. The van der Waals surface area contributed by atoms with Crippen LogP contribution in [0.25, 0.3) is 0 Å². The molecule has 4 heteroatoms. The Bertz CT molecular complexity index is 973. The van der Waals surface area contributed by atoms with E-state index in [9.17, 15) is 9.59 Å². The summed E-state index contributed by atoms with van der Waals surface area (Å²) in [4.78, 5) is 25.6. The van der Waals surface area contributed by atoms with Gasteiger partial charge in [-0.3, -0.25) is 9.59 Å². The summed E-state index contributed by atoms with van der Waals surface area (Å²) in [6.07, 6.45) is 0. The number of para-hydroxylation sites is 2. The molecule has 0 aliphatic rings. The predicted octanol–water partition coefficient (Wildman–Crippen LogP) is 6.44. The van der Waals surface area contributed by atoms with Crippen LogP contribution in [0.15, 0.2) is 72.8 Å². The van der Waals surface area contributed by atoms with E-state index in [2.05, 4.69) is 38.3 Å². The number of hydrogen-bond donors (Lipinski definition) is 2. The number of benzene rings is 3. The number of rotatable bonds is 6. The van der Waals surface area contributed by atoms with E-state index in [1.54, 1.807) is 24.3 Å². The van der Waals surface area contributed by atoms with E-state index in [0.29, 0.717) is 23.0 Å². The summed E-state index contributed by atoms with van der Waals surface area (Å²) in [5.41, 5.74) is 4.61. The topological polar surface area (TPSA) is 58.2 Å². The van der Waals surface area contributed by atoms with Crippen molar-refractivity contribution in [2.24, 2.45) is 0 Å². The number of nitrogens with one attached hydrogen (secondary N) is 2. The molecule has 0 aliphatic heterocycles. The molecule has 3 aromatic rings. The normalized spacial score (nSPS) is 10.9. The lowest BCUT2D eigenvalue weighted by atomic mass is 10.0. The Morgan fingerprint density at radius 1 is 0.600 bits per heavy atom. The van der Waals surface area contributed by atoms with E-state index in [0.717, 1.165) is 22.5 Å². The minimum absolute atomic E-state index is 0.236. The van der Waals surface area contributed by atoms with Crippen molar-refractivity contribution in [3.8, 4) is 0 Å². The summed E-state index contributed by atoms with van der Waals surface area (Å²) >= 11 is 0. The number of amides is 2. The molecule has 0 unspecified atom stereocenters. The molecule has 0 radical (unpaired) electrons. The van der Waals surface area contributed by atoms with Crippen LogP contribution < -0.4 is 10.6 Å². The van der Waals surface area contributed by atoms with Crippen LogP contribution in [0.5, 0.6) is 0 Å². The molecule has 2 N–H and O–H groups in total. The van der Waals surface area contributed by atoms with Crippen molar-refractivity contribution in [3.63, 3.8) is 0 Å². The number of anilines is 2.